The van der Waals surface area contributed by atoms with Gasteiger partial charge in [-0.25, -0.2) is 14.5 Å². The van der Waals surface area contributed by atoms with Gasteiger partial charge in [0.2, 0.25) is 0 Å². The molecule has 1 N–H and O–H groups in total. The highest BCUT2D eigenvalue weighted by Crippen LogP contribution is 2.35. The second-order valence-electron chi connectivity index (χ2n) is 11.6. The third kappa shape index (κ3) is 8.48. The van der Waals surface area contributed by atoms with Gasteiger partial charge in [-0.3, -0.25) is 0 Å². The number of anilines is 1. The molecule has 1 unspecified atom stereocenters. The van der Waals surface area contributed by atoms with Crippen molar-refractivity contribution in [2.24, 2.45) is 4.99 Å². The minimum atomic E-state index is -4.74. The summed E-state index contributed by atoms with van der Waals surface area (Å²) in [6, 6.07) is 19.7. The molecule has 2 amide bonds. The number of nitrogens with one attached hydrogen (secondary N) is 1. The lowest BCUT2D eigenvalue weighted by atomic mass is 9.98. The minimum absolute atomic E-state index is 0.243. The molecule has 0 spiro atoms. The molecule has 1 saturated heterocycles. The molecule has 2 heterocycles. The Bertz CT molecular complexity index is 1670. The molecule has 242 valence electrons. The van der Waals surface area contributed by atoms with E-state index in [9.17, 15) is 18.0 Å². The predicted molar refractivity (Wildman–Crippen MR) is 177 cm³/mol. The van der Waals surface area contributed by atoms with E-state index in [1.54, 1.807) is 11.8 Å². The summed E-state index contributed by atoms with van der Waals surface area (Å²) >= 11 is 1.62. The molecule has 8 nitrogen and oxygen atoms in total. The smallest absolute Gasteiger partial charge is 0.406 e. The van der Waals surface area contributed by atoms with Gasteiger partial charge in [-0.1, -0.05) is 62.0 Å². The van der Waals surface area contributed by atoms with E-state index in [1.165, 1.54) is 46.4 Å². The Morgan fingerprint density at radius 1 is 1.11 bits per heavy atom. The minimum Gasteiger partial charge on any atom is -0.406 e. The zero-order valence-corrected chi connectivity index (χ0v) is 27.0. The number of aryl methyl sites for hydroxylation is 2. The number of thioether (sulfide) groups is 1. The number of halogens is 3. The van der Waals surface area contributed by atoms with E-state index in [2.05, 4.69) is 75.9 Å². The maximum atomic E-state index is 12.9. The number of alkyl halides is 3. The van der Waals surface area contributed by atoms with Gasteiger partial charge in [0.25, 0.3) is 0 Å². The molecule has 4 aromatic rings. The summed E-state index contributed by atoms with van der Waals surface area (Å²) in [5, 5.41) is 8.14. The van der Waals surface area contributed by atoms with Gasteiger partial charge in [0.05, 0.1) is 5.69 Å². The molecule has 1 atom stereocenters. The summed E-state index contributed by atoms with van der Waals surface area (Å²) in [5.41, 5.74) is 6.01. The molecular formula is C34H37F3N6O2S. The van der Waals surface area contributed by atoms with E-state index in [4.69, 9.17) is 0 Å². The zero-order valence-electron chi connectivity index (χ0n) is 26.2. The maximum absolute atomic E-state index is 12.9. The molecule has 46 heavy (non-hydrogen) atoms. The Hall–Kier alpha value is -4.32. The molecule has 1 aliphatic rings. The van der Waals surface area contributed by atoms with Crippen LogP contribution >= 0.6 is 11.8 Å². The molecule has 12 heteroatoms. The van der Waals surface area contributed by atoms with Crippen molar-refractivity contribution in [2.75, 3.05) is 17.2 Å². The Balaban J connectivity index is 1.14. The van der Waals surface area contributed by atoms with Gasteiger partial charge in [0, 0.05) is 29.6 Å². The second-order valence-corrected chi connectivity index (χ2v) is 12.6. The number of aromatic nitrogens is 3. The fraction of sp³-hybridized carbons (Fsp3) is 0.353. The van der Waals surface area contributed by atoms with Crippen molar-refractivity contribution in [3.8, 4) is 22.8 Å². The summed E-state index contributed by atoms with van der Waals surface area (Å²) < 4.78 is 42.7. The van der Waals surface area contributed by atoms with Crippen molar-refractivity contribution in [3.05, 3.63) is 89.7 Å². The van der Waals surface area contributed by atoms with Gasteiger partial charge in [-0.05, 0) is 86.1 Å². The van der Waals surface area contributed by atoms with Crippen LogP contribution in [0, 0.1) is 6.92 Å². The summed E-state index contributed by atoms with van der Waals surface area (Å²) in [5.74, 6) is 1.46. The fourth-order valence-corrected chi connectivity index (χ4v) is 6.45. The number of nitrogens with zero attached hydrogens (tertiary/aromatic N) is 5. The number of carbonyl (C=O) groups is 1. The normalized spacial score (nSPS) is 16.2. The van der Waals surface area contributed by atoms with Crippen molar-refractivity contribution < 1.29 is 22.7 Å². The lowest BCUT2D eigenvalue weighted by Crippen LogP contribution is -2.42. The summed E-state index contributed by atoms with van der Waals surface area (Å²) in [6.45, 7) is 9.14. The van der Waals surface area contributed by atoms with E-state index >= 15 is 0 Å². The number of rotatable bonds is 9. The van der Waals surface area contributed by atoms with Gasteiger partial charge in [-0.2, -0.15) is 4.99 Å². The lowest BCUT2D eigenvalue weighted by Gasteiger charge is -2.37. The van der Waals surface area contributed by atoms with Crippen molar-refractivity contribution in [1.82, 2.24) is 20.1 Å². The average Bonchev–Trinajstić information content (AvgIpc) is 3.50. The SMILES string of the molecule is Cc1ccc(C(C)C)c(N2/C(=N/C(=O)NCCCc3ccc(-c4ncn(-c5ccc(OC(F)(F)F)cc5)n4)cc3)SCCC2C)c1. The summed E-state index contributed by atoms with van der Waals surface area (Å²) in [4.78, 5) is 23.9. The van der Waals surface area contributed by atoms with Crippen LogP contribution in [0.2, 0.25) is 0 Å². The molecule has 1 aromatic heterocycles. The van der Waals surface area contributed by atoms with Crippen LogP contribution in [0.25, 0.3) is 17.1 Å². The molecule has 3 aromatic carbocycles. The van der Waals surface area contributed by atoms with Gasteiger partial charge in [0.15, 0.2) is 11.0 Å². The number of urea groups is 1. The Morgan fingerprint density at radius 2 is 1.85 bits per heavy atom. The highest BCUT2D eigenvalue weighted by molar-refractivity contribution is 8.14. The molecule has 0 aliphatic carbocycles. The number of aliphatic imine (C=N–C) groups is 1. The number of hydrogen-bond acceptors (Lipinski definition) is 5. The topological polar surface area (TPSA) is 84.6 Å². The van der Waals surface area contributed by atoms with Crippen molar-refractivity contribution in [2.45, 2.75) is 65.3 Å². The third-order valence-corrected chi connectivity index (χ3v) is 8.62. The molecule has 0 saturated carbocycles. The number of amidine groups is 1. The monoisotopic (exact) mass is 650 g/mol. The Labute approximate surface area is 271 Å². The van der Waals surface area contributed by atoms with Crippen molar-refractivity contribution in [3.63, 3.8) is 0 Å². The molecule has 5 rings (SSSR count). The first-order valence-electron chi connectivity index (χ1n) is 15.2. The Morgan fingerprint density at radius 3 is 2.54 bits per heavy atom. The van der Waals surface area contributed by atoms with Gasteiger partial charge in [-0.15, -0.1) is 18.3 Å². The molecule has 0 bridgehead atoms. The third-order valence-electron chi connectivity index (χ3n) is 7.64. The van der Waals surface area contributed by atoms with E-state index in [0.717, 1.165) is 47.0 Å². The first-order valence-corrected chi connectivity index (χ1v) is 16.2. The van der Waals surface area contributed by atoms with Crippen LogP contribution in [0.3, 0.4) is 0 Å². The highest BCUT2D eigenvalue weighted by atomic mass is 32.2. The summed E-state index contributed by atoms with van der Waals surface area (Å²) in [7, 11) is 0. The van der Waals surface area contributed by atoms with Crippen LogP contribution in [0.4, 0.5) is 23.7 Å². The van der Waals surface area contributed by atoms with E-state index in [0.29, 0.717) is 24.0 Å². The van der Waals surface area contributed by atoms with E-state index in [-0.39, 0.29) is 17.8 Å². The fourth-order valence-electron chi connectivity index (χ4n) is 5.24. The van der Waals surface area contributed by atoms with E-state index < -0.39 is 6.36 Å². The number of hydrogen-bond donors (Lipinski definition) is 1. The van der Waals surface area contributed by atoms with E-state index in [1.807, 2.05) is 24.3 Å². The number of carbonyl (C=O) groups excluding carboxylic acids is 1. The van der Waals surface area contributed by atoms with Crippen molar-refractivity contribution >= 4 is 28.6 Å². The quantitative estimate of drug-likeness (QED) is 0.184. The Kier molecular flexibility index (Phi) is 10.4. The predicted octanol–water partition coefficient (Wildman–Crippen LogP) is 8.29. The maximum Gasteiger partial charge on any atom is 0.573 e. The van der Waals surface area contributed by atoms with Crippen LogP contribution in [0.5, 0.6) is 5.75 Å². The van der Waals surface area contributed by atoms with Crippen LogP contribution in [0.15, 0.2) is 78.0 Å². The number of ether oxygens (including phenoxy) is 1. The first-order chi connectivity index (χ1) is 22.0. The van der Waals surface area contributed by atoms with Gasteiger partial charge >= 0.3 is 12.4 Å². The largest absolute Gasteiger partial charge is 0.573 e. The van der Waals surface area contributed by atoms with Crippen LogP contribution in [-0.2, 0) is 6.42 Å². The van der Waals surface area contributed by atoms with Crippen LogP contribution in [0.1, 0.15) is 56.2 Å². The second kappa shape index (κ2) is 14.4. The van der Waals surface area contributed by atoms with Crippen LogP contribution in [-0.4, -0.2) is 50.7 Å². The number of amides is 2. The summed E-state index contributed by atoms with van der Waals surface area (Å²) in [6.07, 6.45) is -0.702. The van der Waals surface area contributed by atoms with Gasteiger partial charge < -0.3 is 15.0 Å². The van der Waals surface area contributed by atoms with Gasteiger partial charge in [0.1, 0.15) is 12.1 Å². The van der Waals surface area contributed by atoms with Crippen molar-refractivity contribution in [1.29, 1.82) is 0 Å². The standard InChI is InChI=1S/C34H37F3N6O2S/c1-22(2)29-16-7-23(3)20-30(29)43-24(4)17-19-46-33(43)40-32(44)38-18-5-6-25-8-10-26(11-9-25)31-39-21-42(41-31)27-12-14-28(15-13-27)45-34(35,36)37/h7-16,20-22,24H,5-6,17-19H2,1-4H3,(H,38,44)/b40-33-. The molecular weight excluding hydrogens is 613 g/mol. The molecule has 1 aliphatic heterocycles. The first kappa shape index (κ1) is 33.1. The molecule has 0 radical (unpaired) electrons. The lowest BCUT2D eigenvalue weighted by molar-refractivity contribution is -0.274. The molecule has 1 fully saturated rings. The number of benzene rings is 3. The average molecular weight is 651 g/mol. The highest BCUT2D eigenvalue weighted by Gasteiger charge is 2.31. The van der Waals surface area contributed by atoms with Crippen LogP contribution < -0.4 is 15.0 Å². The zero-order chi connectivity index (χ0) is 32.8.